The summed E-state index contributed by atoms with van der Waals surface area (Å²) < 4.78 is 10.2. The van der Waals surface area contributed by atoms with E-state index in [0.29, 0.717) is 38.7 Å². The van der Waals surface area contributed by atoms with Gasteiger partial charge in [0.2, 0.25) is 0 Å². The zero-order valence-corrected chi connectivity index (χ0v) is 12.8. The minimum atomic E-state index is -0.789. The molecule has 20 heavy (non-hydrogen) atoms. The molecule has 0 bridgehead atoms. The highest BCUT2D eigenvalue weighted by Crippen LogP contribution is 2.29. The molecule has 0 aromatic carbocycles. The van der Waals surface area contributed by atoms with E-state index in [1.54, 1.807) is 0 Å². The lowest BCUT2D eigenvalue weighted by atomic mass is 9.80. The number of hydrogen-bond acceptors (Lipinski definition) is 5. The molecule has 1 atom stereocenters. The van der Waals surface area contributed by atoms with E-state index in [0.717, 1.165) is 13.0 Å². The first kappa shape index (κ1) is 19.3. The molecular weight excluding hydrogens is 260 g/mol. The number of nitrogens with two attached hydrogens (primary N) is 2. The van der Waals surface area contributed by atoms with Crippen LogP contribution >= 0.6 is 0 Å². The molecule has 5 N–H and O–H groups in total. The predicted octanol–water partition coefficient (Wildman–Crippen LogP) is 0.977. The van der Waals surface area contributed by atoms with Crippen molar-refractivity contribution in [3.63, 3.8) is 0 Å². The van der Waals surface area contributed by atoms with Crippen LogP contribution in [-0.4, -0.2) is 50.1 Å². The van der Waals surface area contributed by atoms with Crippen molar-refractivity contribution in [2.75, 3.05) is 32.9 Å². The number of aliphatic carboxylic acids is 1. The van der Waals surface area contributed by atoms with Crippen LogP contribution in [0.25, 0.3) is 0 Å². The average Bonchev–Trinajstić information content (AvgIpc) is 3.04. The Kier molecular flexibility index (Phi) is 10.6. The zero-order valence-electron chi connectivity index (χ0n) is 12.8. The fraction of sp³-hybridized carbons (Fsp3) is 0.929. The van der Waals surface area contributed by atoms with Gasteiger partial charge in [0.15, 0.2) is 0 Å². The molecule has 0 saturated carbocycles. The van der Waals surface area contributed by atoms with Crippen molar-refractivity contribution in [1.29, 1.82) is 0 Å². The summed E-state index contributed by atoms with van der Waals surface area (Å²) in [5, 5.41) is 8.85. The van der Waals surface area contributed by atoms with Crippen LogP contribution in [0.15, 0.2) is 0 Å². The molecule has 2 aliphatic rings. The highest BCUT2D eigenvalue weighted by Gasteiger charge is 2.38. The molecule has 6 nitrogen and oxygen atoms in total. The maximum Gasteiger partial charge on any atom is 0.311 e. The molecule has 0 amide bonds. The number of carboxylic acid groups (broad SMARTS) is 1. The lowest BCUT2D eigenvalue weighted by molar-refractivity contribution is -0.153. The van der Waals surface area contributed by atoms with Crippen molar-refractivity contribution in [3.05, 3.63) is 0 Å². The van der Waals surface area contributed by atoms with Gasteiger partial charge in [-0.05, 0) is 25.7 Å². The highest BCUT2D eigenvalue weighted by atomic mass is 16.5. The first-order valence-electron chi connectivity index (χ1n) is 7.47. The number of carbonyl (C=O) groups is 1. The second-order valence-corrected chi connectivity index (χ2v) is 4.77. The number of hydrogen-bond donors (Lipinski definition) is 3. The van der Waals surface area contributed by atoms with Gasteiger partial charge in [0.25, 0.3) is 0 Å². The molecule has 2 saturated heterocycles. The summed E-state index contributed by atoms with van der Waals surface area (Å²) in [6.07, 6.45) is 3.82. The van der Waals surface area contributed by atoms with E-state index in [9.17, 15) is 4.79 Å². The molecule has 2 fully saturated rings. The predicted molar refractivity (Wildman–Crippen MR) is 78.6 cm³/mol. The molecule has 6 heteroatoms. The van der Waals surface area contributed by atoms with Gasteiger partial charge < -0.3 is 26.0 Å². The minimum absolute atomic E-state index is 0.214. The second-order valence-electron chi connectivity index (χ2n) is 4.77. The first-order valence-corrected chi connectivity index (χ1v) is 7.47. The Bertz CT molecular complexity index is 250. The van der Waals surface area contributed by atoms with Gasteiger partial charge in [0, 0.05) is 32.9 Å². The normalized spacial score (nSPS) is 23.9. The molecule has 120 valence electrons. The lowest BCUT2D eigenvalue weighted by Gasteiger charge is -2.31. The Morgan fingerprint density at radius 1 is 1.25 bits per heavy atom. The fourth-order valence-electron chi connectivity index (χ4n) is 2.10. The molecule has 2 aliphatic heterocycles. The summed E-state index contributed by atoms with van der Waals surface area (Å²) in [6.45, 7) is 6.86. The van der Waals surface area contributed by atoms with Crippen molar-refractivity contribution in [2.45, 2.75) is 45.6 Å². The van der Waals surface area contributed by atoms with E-state index in [4.69, 9.17) is 26.0 Å². The summed E-state index contributed by atoms with van der Waals surface area (Å²) in [5.41, 5.74) is 10.0. The van der Waals surface area contributed by atoms with Crippen molar-refractivity contribution in [2.24, 2.45) is 16.9 Å². The Hall–Kier alpha value is -0.690. The number of ether oxygens (including phenoxy) is 2. The minimum Gasteiger partial charge on any atom is -0.481 e. The average molecular weight is 290 g/mol. The van der Waals surface area contributed by atoms with Gasteiger partial charge in [-0.15, -0.1) is 0 Å². The van der Waals surface area contributed by atoms with E-state index in [2.05, 4.69) is 0 Å². The Morgan fingerprint density at radius 3 is 2.10 bits per heavy atom. The van der Waals surface area contributed by atoms with Gasteiger partial charge in [-0.25, -0.2) is 0 Å². The first-order chi connectivity index (χ1) is 9.64. The summed E-state index contributed by atoms with van der Waals surface area (Å²) in [6, 6.07) is 0. The van der Waals surface area contributed by atoms with Crippen LogP contribution < -0.4 is 11.5 Å². The molecule has 0 aromatic heterocycles. The summed E-state index contributed by atoms with van der Waals surface area (Å²) in [4.78, 5) is 10.8. The molecular formula is C14H30N2O4. The van der Waals surface area contributed by atoms with Crippen LogP contribution in [0.3, 0.4) is 0 Å². The van der Waals surface area contributed by atoms with Crippen LogP contribution in [0.4, 0.5) is 0 Å². The standard InChI is InChI=1S/C7H13NO3.C5H11NO.C2H6/c8-5-7(6(9)10)1-3-11-4-2-7;6-4-5-2-1-3-7-5;1-2/h1-5,8H2,(H,9,10);5H,1-4,6H2;1-2H3. The molecule has 1 unspecified atom stereocenters. The van der Waals surface area contributed by atoms with E-state index >= 15 is 0 Å². The second kappa shape index (κ2) is 11.0. The SMILES string of the molecule is CC.NCC1(C(=O)O)CCOCC1.NCC1CCCO1. The topological polar surface area (TPSA) is 108 Å². The van der Waals surface area contributed by atoms with Crippen LogP contribution in [0.2, 0.25) is 0 Å². The quantitative estimate of drug-likeness (QED) is 0.715. The highest BCUT2D eigenvalue weighted by molar-refractivity contribution is 5.75. The zero-order chi connectivity index (χ0) is 15.4. The van der Waals surface area contributed by atoms with E-state index in [1.165, 1.54) is 6.42 Å². The van der Waals surface area contributed by atoms with Gasteiger partial charge in [0.1, 0.15) is 0 Å². The van der Waals surface area contributed by atoms with Gasteiger partial charge in [0.05, 0.1) is 11.5 Å². The van der Waals surface area contributed by atoms with Crippen LogP contribution in [0.5, 0.6) is 0 Å². The van der Waals surface area contributed by atoms with Gasteiger partial charge in [-0.3, -0.25) is 4.79 Å². The molecule has 0 radical (unpaired) electrons. The molecule has 2 rings (SSSR count). The van der Waals surface area contributed by atoms with Crippen molar-refractivity contribution < 1.29 is 19.4 Å². The molecule has 0 aromatic rings. The van der Waals surface area contributed by atoms with Crippen molar-refractivity contribution in [3.8, 4) is 0 Å². The Morgan fingerprint density at radius 2 is 1.85 bits per heavy atom. The molecule has 0 spiro atoms. The van der Waals surface area contributed by atoms with Gasteiger partial charge in [-0.1, -0.05) is 13.8 Å². The summed E-state index contributed by atoms with van der Waals surface area (Å²) in [7, 11) is 0. The third kappa shape index (κ3) is 6.17. The Labute approximate surface area is 121 Å². The van der Waals surface area contributed by atoms with Crippen LogP contribution in [0, 0.1) is 5.41 Å². The number of carboxylic acids is 1. The van der Waals surface area contributed by atoms with E-state index < -0.39 is 11.4 Å². The van der Waals surface area contributed by atoms with Gasteiger partial charge in [-0.2, -0.15) is 0 Å². The summed E-state index contributed by atoms with van der Waals surface area (Å²) in [5.74, 6) is -0.789. The maximum absolute atomic E-state index is 10.8. The van der Waals surface area contributed by atoms with Crippen LogP contribution in [-0.2, 0) is 14.3 Å². The Balaban J connectivity index is 0.000000345. The van der Waals surface area contributed by atoms with Gasteiger partial charge >= 0.3 is 5.97 Å². The largest absolute Gasteiger partial charge is 0.481 e. The van der Waals surface area contributed by atoms with Crippen molar-refractivity contribution in [1.82, 2.24) is 0 Å². The third-order valence-electron chi connectivity index (χ3n) is 3.58. The van der Waals surface area contributed by atoms with Crippen LogP contribution in [0.1, 0.15) is 39.5 Å². The monoisotopic (exact) mass is 290 g/mol. The smallest absolute Gasteiger partial charge is 0.311 e. The number of rotatable bonds is 3. The molecule has 0 aliphatic carbocycles. The maximum atomic E-state index is 10.8. The van der Waals surface area contributed by atoms with E-state index in [-0.39, 0.29) is 6.54 Å². The lowest BCUT2D eigenvalue weighted by Crippen LogP contribution is -2.43. The summed E-state index contributed by atoms with van der Waals surface area (Å²) >= 11 is 0. The third-order valence-corrected chi connectivity index (χ3v) is 3.58. The van der Waals surface area contributed by atoms with E-state index in [1.807, 2.05) is 13.8 Å². The molecule has 2 heterocycles. The fourth-order valence-corrected chi connectivity index (χ4v) is 2.10. The van der Waals surface area contributed by atoms with Crippen molar-refractivity contribution >= 4 is 5.97 Å².